The van der Waals surface area contributed by atoms with E-state index in [1.807, 2.05) is 76.2 Å². The van der Waals surface area contributed by atoms with Gasteiger partial charge in [-0.05, 0) is 42.5 Å². The summed E-state index contributed by atoms with van der Waals surface area (Å²) < 4.78 is 2.70. The van der Waals surface area contributed by atoms with E-state index in [9.17, 15) is 9.90 Å². The maximum Gasteiger partial charge on any atom is 0.238 e. The minimum absolute atomic E-state index is 0.00200. The first-order valence-corrected chi connectivity index (χ1v) is 14.3. The van der Waals surface area contributed by atoms with Gasteiger partial charge in [-0.15, -0.1) is 22.0 Å². The van der Waals surface area contributed by atoms with Crippen LogP contribution in [-0.4, -0.2) is 42.8 Å². The number of aromatic hydroxyl groups is 1. The second-order valence-electron chi connectivity index (χ2n) is 8.50. The standard InChI is InChI=1S/C28H21BrN4O2S2/c29-18-14-15-23(34)20(16-18)27-30-31-28(32(27)19-8-2-1-3-9-19)36-17-26(35)33-21-10-4-6-12-24(21)37-25-13-7-5-11-22(25)33/h1-16,21,24,34H,17H2/t21-,24+/m1/s1. The number of benzene rings is 3. The van der Waals surface area contributed by atoms with E-state index in [0.29, 0.717) is 16.5 Å². The van der Waals surface area contributed by atoms with Crippen molar-refractivity contribution < 1.29 is 9.90 Å². The molecular weight excluding hydrogens is 568 g/mol. The van der Waals surface area contributed by atoms with Gasteiger partial charge in [-0.2, -0.15) is 0 Å². The van der Waals surface area contributed by atoms with Crippen molar-refractivity contribution in [2.24, 2.45) is 0 Å². The molecule has 1 aliphatic carbocycles. The van der Waals surface area contributed by atoms with Crippen molar-refractivity contribution in [3.05, 3.63) is 102 Å². The molecule has 0 saturated heterocycles. The van der Waals surface area contributed by atoms with Crippen LogP contribution < -0.4 is 4.90 Å². The molecule has 0 fully saturated rings. The normalized spacial score (nSPS) is 17.9. The number of halogens is 1. The predicted molar refractivity (Wildman–Crippen MR) is 153 cm³/mol. The highest BCUT2D eigenvalue weighted by Crippen LogP contribution is 2.44. The lowest BCUT2D eigenvalue weighted by Crippen LogP contribution is -2.48. The van der Waals surface area contributed by atoms with Gasteiger partial charge in [0, 0.05) is 15.1 Å². The van der Waals surface area contributed by atoms with Gasteiger partial charge in [-0.25, -0.2) is 0 Å². The van der Waals surface area contributed by atoms with Crippen LogP contribution in [0, 0.1) is 0 Å². The van der Waals surface area contributed by atoms with Crippen LogP contribution in [0.2, 0.25) is 0 Å². The summed E-state index contributed by atoms with van der Waals surface area (Å²) in [7, 11) is 0. The number of para-hydroxylation sites is 2. The molecule has 6 nitrogen and oxygen atoms in total. The van der Waals surface area contributed by atoms with Crippen molar-refractivity contribution in [1.82, 2.24) is 14.8 Å². The van der Waals surface area contributed by atoms with E-state index in [1.54, 1.807) is 23.9 Å². The fourth-order valence-corrected chi connectivity index (χ4v) is 6.94. The molecule has 1 aromatic heterocycles. The molecule has 2 aliphatic rings. The molecule has 37 heavy (non-hydrogen) atoms. The lowest BCUT2D eigenvalue weighted by atomic mass is 10.0. The van der Waals surface area contributed by atoms with E-state index in [1.165, 1.54) is 11.8 Å². The highest BCUT2D eigenvalue weighted by Gasteiger charge is 2.36. The number of anilines is 1. The summed E-state index contributed by atoms with van der Waals surface area (Å²) in [4.78, 5) is 16.8. The second kappa shape index (κ2) is 10.2. The van der Waals surface area contributed by atoms with E-state index in [-0.39, 0.29) is 28.7 Å². The summed E-state index contributed by atoms with van der Waals surface area (Å²) in [6, 6.07) is 22.9. The van der Waals surface area contributed by atoms with E-state index in [2.05, 4.69) is 44.3 Å². The number of aromatic nitrogens is 3. The van der Waals surface area contributed by atoms with E-state index in [0.717, 1.165) is 20.7 Å². The number of amides is 1. The Morgan fingerprint density at radius 3 is 2.65 bits per heavy atom. The third-order valence-corrected chi connectivity index (χ3v) is 8.90. The molecule has 1 aliphatic heterocycles. The lowest BCUT2D eigenvalue weighted by molar-refractivity contribution is -0.116. The van der Waals surface area contributed by atoms with Gasteiger partial charge in [0.1, 0.15) is 5.75 Å². The maximum atomic E-state index is 13.7. The maximum absolute atomic E-state index is 13.7. The van der Waals surface area contributed by atoms with Crippen LogP contribution in [0.1, 0.15) is 0 Å². The zero-order valence-electron chi connectivity index (χ0n) is 19.4. The Labute approximate surface area is 231 Å². The number of nitrogens with zero attached hydrogens (tertiary/aromatic N) is 4. The number of phenolic OH excluding ortho intramolecular Hbond substituents is 1. The summed E-state index contributed by atoms with van der Waals surface area (Å²) >= 11 is 6.61. The molecule has 0 radical (unpaired) electrons. The van der Waals surface area contributed by atoms with Crippen LogP contribution in [0.15, 0.2) is 112 Å². The van der Waals surface area contributed by atoms with E-state index in [4.69, 9.17) is 0 Å². The molecule has 1 N–H and O–H groups in total. The monoisotopic (exact) mass is 588 g/mol. The van der Waals surface area contributed by atoms with Gasteiger partial charge in [0.15, 0.2) is 11.0 Å². The number of rotatable bonds is 5. The zero-order valence-corrected chi connectivity index (χ0v) is 22.7. The summed E-state index contributed by atoms with van der Waals surface area (Å²) in [6.45, 7) is 0. The number of hydrogen-bond acceptors (Lipinski definition) is 6. The Kier molecular flexibility index (Phi) is 6.67. The smallest absolute Gasteiger partial charge is 0.238 e. The minimum atomic E-state index is -0.0424. The van der Waals surface area contributed by atoms with Crippen LogP contribution in [0.4, 0.5) is 5.69 Å². The lowest BCUT2D eigenvalue weighted by Gasteiger charge is -2.40. The van der Waals surface area contributed by atoms with Gasteiger partial charge in [-0.1, -0.05) is 82.3 Å². The first-order valence-electron chi connectivity index (χ1n) is 11.7. The van der Waals surface area contributed by atoms with Gasteiger partial charge in [0.25, 0.3) is 0 Å². The molecule has 6 rings (SSSR count). The van der Waals surface area contributed by atoms with Crippen molar-refractivity contribution in [2.75, 3.05) is 10.7 Å². The Hall–Kier alpha value is -3.27. The first kappa shape index (κ1) is 24.1. The molecule has 0 spiro atoms. The molecule has 2 heterocycles. The fourth-order valence-electron chi connectivity index (χ4n) is 4.51. The summed E-state index contributed by atoms with van der Waals surface area (Å²) in [5.41, 5.74) is 2.33. The van der Waals surface area contributed by atoms with E-state index >= 15 is 0 Å². The molecule has 184 valence electrons. The third kappa shape index (κ3) is 4.63. The van der Waals surface area contributed by atoms with Crippen molar-refractivity contribution in [3.63, 3.8) is 0 Å². The average Bonchev–Trinajstić information content (AvgIpc) is 3.36. The molecular formula is C28H21BrN4O2S2. The predicted octanol–water partition coefficient (Wildman–Crippen LogP) is 6.50. The van der Waals surface area contributed by atoms with Gasteiger partial charge in [0.05, 0.1) is 28.3 Å². The minimum Gasteiger partial charge on any atom is -0.507 e. The number of carbonyl (C=O) groups excluding carboxylic acids is 1. The molecule has 2 atom stereocenters. The molecule has 4 aromatic rings. The molecule has 0 bridgehead atoms. The van der Waals surface area contributed by atoms with Crippen LogP contribution in [0.5, 0.6) is 5.75 Å². The van der Waals surface area contributed by atoms with Gasteiger partial charge in [0.2, 0.25) is 5.91 Å². The third-order valence-electron chi connectivity index (χ3n) is 6.18. The summed E-state index contributed by atoms with van der Waals surface area (Å²) in [5, 5.41) is 20.2. The second-order valence-corrected chi connectivity index (χ2v) is 11.6. The average molecular weight is 590 g/mol. The molecule has 0 unspecified atom stereocenters. The highest BCUT2D eigenvalue weighted by molar-refractivity contribution is 9.10. The van der Waals surface area contributed by atoms with Crippen LogP contribution in [0.3, 0.4) is 0 Å². The van der Waals surface area contributed by atoms with Crippen LogP contribution in [0.25, 0.3) is 17.1 Å². The van der Waals surface area contributed by atoms with Crippen molar-refractivity contribution in [2.45, 2.75) is 21.3 Å². The number of allylic oxidation sites excluding steroid dienone is 2. The first-order chi connectivity index (χ1) is 18.1. The Bertz CT molecular complexity index is 1540. The van der Waals surface area contributed by atoms with Crippen molar-refractivity contribution in [3.8, 4) is 22.8 Å². The largest absolute Gasteiger partial charge is 0.507 e. The Morgan fingerprint density at radius 2 is 1.78 bits per heavy atom. The molecule has 0 saturated carbocycles. The number of fused-ring (bicyclic) bond motifs is 2. The molecule has 1 amide bonds. The van der Waals surface area contributed by atoms with Crippen molar-refractivity contribution in [1.29, 1.82) is 0 Å². The Balaban J connectivity index is 1.34. The van der Waals surface area contributed by atoms with E-state index < -0.39 is 0 Å². The van der Waals surface area contributed by atoms with Crippen LogP contribution in [-0.2, 0) is 4.79 Å². The number of phenols is 1. The highest BCUT2D eigenvalue weighted by atomic mass is 79.9. The zero-order chi connectivity index (χ0) is 25.4. The van der Waals surface area contributed by atoms with Gasteiger partial charge < -0.3 is 10.0 Å². The number of carbonyl (C=O) groups is 1. The van der Waals surface area contributed by atoms with Crippen molar-refractivity contribution >= 4 is 51.0 Å². The fraction of sp³-hybridized carbons (Fsp3) is 0.107. The van der Waals surface area contributed by atoms with Gasteiger partial charge >= 0.3 is 0 Å². The quantitative estimate of drug-likeness (QED) is 0.268. The summed E-state index contributed by atoms with van der Waals surface area (Å²) in [5.74, 6) is 0.795. The molecule has 9 heteroatoms. The number of thioether (sulfide) groups is 2. The van der Waals surface area contributed by atoms with Gasteiger partial charge in [-0.3, -0.25) is 9.36 Å². The molecule has 3 aromatic carbocycles. The van der Waals surface area contributed by atoms with Crippen LogP contribution >= 0.6 is 39.5 Å². The summed E-state index contributed by atoms with van der Waals surface area (Å²) in [6.07, 6.45) is 8.30. The topological polar surface area (TPSA) is 71.2 Å². The Morgan fingerprint density at radius 1 is 1.00 bits per heavy atom. The number of hydrogen-bond donors (Lipinski definition) is 1. The SMILES string of the molecule is O=C(CSc1nnc(-c2cc(Br)ccc2O)n1-c1ccccc1)N1c2ccccc2S[C@H]2C=CC=C[C@H]21.